The number of carbonyl (C=O) groups excluding carboxylic acids is 1. The van der Waals surface area contributed by atoms with Gasteiger partial charge in [-0.05, 0) is 61.2 Å². The van der Waals surface area contributed by atoms with Crippen molar-refractivity contribution in [1.82, 2.24) is 5.32 Å². The van der Waals surface area contributed by atoms with E-state index >= 15 is 0 Å². The van der Waals surface area contributed by atoms with Crippen molar-refractivity contribution >= 4 is 29.1 Å². The van der Waals surface area contributed by atoms with E-state index in [2.05, 4.69) is 5.32 Å². The fraction of sp³-hybridized carbons (Fsp3) is 0.278. The van der Waals surface area contributed by atoms with E-state index in [1.54, 1.807) is 31.2 Å². The zero-order valence-corrected chi connectivity index (χ0v) is 14.5. The summed E-state index contributed by atoms with van der Waals surface area (Å²) in [7, 11) is 0. The highest BCUT2D eigenvalue weighted by Crippen LogP contribution is 2.32. The van der Waals surface area contributed by atoms with Crippen molar-refractivity contribution in [2.24, 2.45) is 0 Å². The summed E-state index contributed by atoms with van der Waals surface area (Å²) < 4.78 is 18.9. The molecular weight excluding hydrogens is 352 g/mol. The molecule has 0 aliphatic heterocycles. The number of benzene rings is 2. The molecule has 6 heteroatoms. The van der Waals surface area contributed by atoms with E-state index in [0.717, 1.165) is 24.0 Å². The molecule has 24 heavy (non-hydrogen) atoms. The van der Waals surface area contributed by atoms with Gasteiger partial charge in [0, 0.05) is 5.02 Å². The van der Waals surface area contributed by atoms with Gasteiger partial charge >= 0.3 is 0 Å². The molecule has 0 aromatic heterocycles. The van der Waals surface area contributed by atoms with E-state index in [9.17, 15) is 9.18 Å². The van der Waals surface area contributed by atoms with Crippen molar-refractivity contribution in [3.05, 3.63) is 63.4 Å². The number of carbonyl (C=O) groups is 1. The summed E-state index contributed by atoms with van der Waals surface area (Å²) in [4.78, 5) is 12.4. The summed E-state index contributed by atoms with van der Waals surface area (Å²) in [6.45, 7) is 1.65. The lowest BCUT2D eigenvalue weighted by molar-refractivity contribution is -0.128. The summed E-state index contributed by atoms with van der Waals surface area (Å²) in [6, 6.07) is 9.37. The maximum Gasteiger partial charge on any atom is 0.261 e. The number of halogens is 3. The lowest BCUT2D eigenvalue weighted by atomic mass is 10.1. The second-order valence-electron chi connectivity index (χ2n) is 5.78. The molecular formula is C18H16Cl2FNO2. The number of rotatable bonds is 4. The van der Waals surface area contributed by atoms with Crippen LogP contribution in [0.15, 0.2) is 36.4 Å². The predicted molar refractivity (Wildman–Crippen MR) is 92.2 cm³/mol. The van der Waals surface area contributed by atoms with E-state index < -0.39 is 6.10 Å². The van der Waals surface area contributed by atoms with Crippen LogP contribution in [0, 0.1) is 5.82 Å². The topological polar surface area (TPSA) is 38.3 Å². The summed E-state index contributed by atoms with van der Waals surface area (Å²) in [6.07, 6.45) is 0.781. The van der Waals surface area contributed by atoms with Gasteiger partial charge in [-0.25, -0.2) is 4.39 Å². The largest absolute Gasteiger partial charge is 0.479 e. The van der Waals surface area contributed by atoms with Crippen LogP contribution < -0.4 is 10.1 Å². The van der Waals surface area contributed by atoms with Gasteiger partial charge in [0.1, 0.15) is 11.6 Å². The molecule has 0 heterocycles. The predicted octanol–water partition coefficient (Wildman–Crippen LogP) is 4.70. The molecule has 0 saturated heterocycles. The lowest BCUT2D eigenvalue weighted by Gasteiger charge is -2.19. The first kappa shape index (κ1) is 17.1. The van der Waals surface area contributed by atoms with Crippen LogP contribution in [0.4, 0.5) is 4.39 Å². The molecule has 0 spiro atoms. The van der Waals surface area contributed by atoms with Crippen LogP contribution in [0.5, 0.6) is 5.75 Å². The fourth-order valence-corrected chi connectivity index (χ4v) is 3.29. The number of nitrogens with one attached hydrogen (secondary N) is 1. The average Bonchev–Trinajstić information content (AvgIpc) is 2.92. The van der Waals surface area contributed by atoms with Crippen molar-refractivity contribution in [2.75, 3.05) is 0 Å². The molecule has 0 radical (unpaired) electrons. The molecule has 2 aromatic carbocycles. The zero-order valence-electron chi connectivity index (χ0n) is 13.0. The Bertz CT molecular complexity index is 782. The van der Waals surface area contributed by atoms with Crippen molar-refractivity contribution in [2.45, 2.75) is 31.9 Å². The molecule has 1 amide bonds. The summed E-state index contributed by atoms with van der Waals surface area (Å²) in [5, 5.41) is 3.80. The molecule has 2 atom stereocenters. The standard InChI is InChI=1S/C18H16Cl2FNO2/c1-10(24-17-7-3-12(19)9-15(17)20)18(23)22-16-6-2-11-8-13(21)4-5-14(11)16/h3-5,7-10,16H,2,6H2,1H3,(H,22,23). The van der Waals surface area contributed by atoms with Crippen molar-refractivity contribution in [3.8, 4) is 5.75 Å². The Labute approximate surface area is 149 Å². The van der Waals surface area contributed by atoms with E-state index in [4.69, 9.17) is 27.9 Å². The third kappa shape index (κ3) is 3.65. The average molecular weight is 368 g/mol. The number of hydrogen-bond acceptors (Lipinski definition) is 2. The highest BCUT2D eigenvalue weighted by molar-refractivity contribution is 6.35. The highest BCUT2D eigenvalue weighted by atomic mass is 35.5. The number of fused-ring (bicyclic) bond motifs is 1. The van der Waals surface area contributed by atoms with Crippen LogP contribution in [-0.2, 0) is 11.2 Å². The Hall–Kier alpha value is -1.78. The molecule has 1 aliphatic rings. The maximum atomic E-state index is 13.3. The van der Waals surface area contributed by atoms with Gasteiger partial charge in [0.15, 0.2) is 6.10 Å². The van der Waals surface area contributed by atoms with Gasteiger partial charge in [-0.15, -0.1) is 0 Å². The number of hydrogen-bond donors (Lipinski definition) is 1. The summed E-state index contributed by atoms with van der Waals surface area (Å²) in [5.41, 5.74) is 1.90. The quantitative estimate of drug-likeness (QED) is 0.849. The van der Waals surface area contributed by atoms with Gasteiger partial charge in [-0.2, -0.15) is 0 Å². The Morgan fingerprint density at radius 1 is 1.29 bits per heavy atom. The third-order valence-electron chi connectivity index (χ3n) is 4.07. The highest BCUT2D eigenvalue weighted by Gasteiger charge is 2.26. The number of ether oxygens (including phenoxy) is 1. The van der Waals surface area contributed by atoms with Crippen molar-refractivity contribution in [3.63, 3.8) is 0 Å². The summed E-state index contributed by atoms with van der Waals surface area (Å²) >= 11 is 11.9. The monoisotopic (exact) mass is 367 g/mol. The Kier molecular flexibility index (Phi) is 4.97. The molecule has 1 N–H and O–H groups in total. The molecule has 2 aromatic rings. The van der Waals surface area contributed by atoms with Crippen LogP contribution in [0.1, 0.15) is 30.5 Å². The first-order valence-electron chi connectivity index (χ1n) is 7.64. The smallest absolute Gasteiger partial charge is 0.261 e. The van der Waals surface area contributed by atoms with Crippen LogP contribution in [0.3, 0.4) is 0 Å². The van der Waals surface area contributed by atoms with Crippen LogP contribution in [0.2, 0.25) is 10.0 Å². The van der Waals surface area contributed by atoms with Crippen LogP contribution in [0.25, 0.3) is 0 Å². The molecule has 0 bridgehead atoms. The Balaban J connectivity index is 1.65. The minimum atomic E-state index is -0.715. The van der Waals surface area contributed by atoms with Gasteiger partial charge < -0.3 is 10.1 Å². The minimum Gasteiger partial charge on any atom is -0.479 e. The van der Waals surface area contributed by atoms with E-state index in [0.29, 0.717) is 15.8 Å². The fourth-order valence-electron chi connectivity index (χ4n) is 2.84. The maximum absolute atomic E-state index is 13.3. The van der Waals surface area contributed by atoms with Crippen LogP contribution in [-0.4, -0.2) is 12.0 Å². The molecule has 0 fully saturated rings. The minimum absolute atomic E-state index is 0.125. The molecule has 3 rings (SSSR count). The van der Waals surface area contributed by atoms with Gasteiger partial charge in [0.25, 0.3) is 5.91 Å². The van der Waals surface area contributed by atoms with Gasteiger partial charge in [-0.1, -0.05) is 29.3 Å². The molecule has 1 aliphatic carbocycles. The normalized spacial score (nSPS) is 17.2. The number of aryl methyl sites for hydroxylation is 1. The van der Waals surface area contributed by atoms with Gasteiger partial charge in [0.2, 0.25) is 0 Å². The first-order valence-corrected chi connectivity index (χ1v) is 8.40. The van der Waals surface area contributed by atoms with Crippen LogP contribution >= 0.6 is 23.2 Å². The molecule has 0 saturated carbocycles. The number of amides is 1. The summed E-state index contributed by atoms with van der Waals surface area (Å²) in [5.74, 6) is -0.101. The first-order chi connectivity index (χ1) is 11.4. The van der Waals surface area contributed by atoms with E-state index in [1.807, 2.05) is 0 Å². The molecule has 126 valence electrons. The van der Waals surface area contributed by atoms with Gasteiger partial charge in [0.05, 0.1) is 11.1 Å². The molecule has 3 nitrogen and oxygen atoms in total. The van der Waals surface area contributed by atoms with Crippen molar-refractivity contribution in [1.29, 1.82) is 0 Å². The molecule has 2 unspecified atom stereocenters. The van der Waals surface area contributed by atoms with Gasteiger partial charge in [-0.3, -0.25) is 4.79 Å². The van der Waals surface area contributed by atoms with Crippen molar-refractivity contribution < 1.29 is 13.9 Å². The third-order valence-corrected chi connectivity index (χ3v) is 4.60. The Morgan fingerprint density at radius 3 is 2.83 bits per heavy atom. The second-order valence-corrected chi connectivity index (χ2v) is 6.62. The lowest BCUT2D eigenvalue weighted by Crippen LogP contribution is -2.38. The SMILES string of the molecule is CC(Oc1ccc(Cl)cc1Cl)C(=O)NC1CCc2cc(F)ccc21. The zero-order chi connectivity index (χ0) is 17.3. The Morgan fingerprint density at radius 2 is 2.08 bits per heavy atom. The second kappa shape index (κ2) is 6.99. The van der Waals surface area contributed by atoms with E-state index in [-0.39, 0.29) is 17.8 Å². The van der Waals surface area contributed by atoms with E-state index in [1.165, 1.54) is 12.1 Å².